The summed E-state index contributed by atoms with van der Waals surface area (Å²) in [5.41, 5.74) is 0. The van der Waals surface area contributed by atoms with Crippen LogP contribution in [0.2, 0.25) is 0 Å². The van der Waals surface area contributed by atoms with E-state index < -0.39 is 17.6 Å². The summed E-state index contributed by atoms with van der Waals surface area (Å²) in [6.07, 6.45) is 14.7. The zero-order valence-corrected chi connectivity index (χ0v) is 19.8. The predicted molar refractivity (Wildman–Crippen MR) is 123 cm³/mol. The van der Waals surface area contributed by atoms with E-state index in [2.05, 4.69) is 6.92 Å². The van der Waals surface area contributed by atoms with Gasteiger partial charge in [0.25, 0.3) is 0 Å². The van der Waals surface area contributed by atoms with E-state index >= 15 is 0 Å². The summed E-state index contributed by atoms with van der Waals surface area (Å²) in [6.45, 7) is 4.59. The monoisotopic (exact) mass is 450 g/mol. The van der Waals surface area contributed by atoms with Gasteiger partial charge in [-0.05, 0) is 74.8 Å². The molecule has 32 heavy (non-hydrogen) atoms. The molecule has 0 spiro atoms. The predicted octanol–water partition coefficient (Wildman–Crippen LogP) is 7.85. The molecular weight excluding hydrogens is 410 g/mol. The van der Waals surface area contributed by atoms with Crippen LogP contribution in [-0.4, -0.2) is 12.6 Å². The zero-order valence-electron chi connectivity index (χ0n) is 19.8. The maximum atomic E-state index is 14.4. The Kier molecular flexibility index (Phi) is 9.80. The van der Waals surface area contributed by atoms with Crippen LogP contribution in [0.25, 0.3) is 0 Å². The van der Waals surface area contributed by atoms with Crippen molar-refractivity contribution in [3.8, 4) is 11.5 Å². The number of benzene rings is 1. The highest BCUT2D eigenvalue weighted by Gasteiger charge is 2.34. The fourth-order valence-electron chi connectivity index (χ4n) is 5.49. The molecule has 2 saturated carbocycles. The van der Waals surface area contributed by atoms with Crippen LogP contribution in [0, 0.1) is 35.3 Å². The number of carbonyl (C=O) groups excluding carboxylic acids is 1. The molecule has 0 saturated heterocycles. The van der Waals surface area contributed by atoms with E-state index in [4.69, 9.17) is 9.47 Å². The SMILES string of the molecule is CCCCOc1ccc(OC(=O)[C@H]2CC[C@H]([C@H]3CC[C@H](CCCC)CC3)CC2)c(F)c1F. The summed E-state index contributed by atoms with van der Waals surface area (Å²) in [5.74, 6) is -0.999. The van der Waals surface area contributed by atoms with Crippen molar-refractivity contribution in [2.45, 2.75) is 97.3 Å². The number of hydrogen-bond acceptors (Lipinski definition) is 3. The molecule has 0 atom stereocenters. The van der Waals surface area contributed by atoms with Gasteiger partial charge in [0.2, 0.25) is 11.6 Å². The highest BCUT2D eigenvalue weighted by Crippen LogP contribution is 2.42. The van der Waals surface area contributed by atoms with Crippen molar-refractivity contribution in [1.29, 1.82) is 0 Å². The van der Waals surface area contributed by atoms with Crippen LogP contribution in [0.5, 0.6) is 11.5 Å². The van der Waals surface area contributed by atoms with Crippen molar-refractivity contribution in [2.24, 2.45) is 23.7 Å². The Hall–Kier alpha value is -1.65. The van der Waals surface area contributed by atoms with E-state index in [1.165, 1.54) is 57.1 Å². The minimum absolute atomic E-state index is 0.138. The van der Waals surface area contributed by atoms with Crippen molar-refractivity contribution < 1.29 is 23.0 Å². The first-order valence-electron chi connectivity index (χ1n) is 12.9. The van der Waals surface area contributed by atoms with Gasteiger partial charge in [-0.3, -0.25) is 4.79 Å². The van der Waals surface area contributed by atoms with Gasteiger partial charge in [0, 0.05) is 0 Å². The van der Waals surface area contributed by atoms with Crippen LogP contribution in [-0.2, 0) is 4.79 Å². The third-order valence-electron chi connectivity index (χ3n) is 7.61. The molecule has 1 aromatic carbocycles. The fraction of sp³-hybridized carbons (Fsp3) is 0.741. The smallest absolute Gasteiger partial charge is 0.314 e. The Morgan fingerprint density at radius 1 is 0.844 bits per heavy atom. The normalized spacial score (nSPS) is 26.0. The number of unbranched alkanes of at least 4 members (excludes halogenated alkanes) is 2. The largest absolute Gasteiger partial charge is 0.490 e. The van der Waals surface area contributed by atoms with Gasteiger partial charge in [-0.2, -0.15) is 8.78 Å². The maximum absolute atomic E-state index is 14.4. The molecule has 2 aliphatic rings. The minimum atomic E-state index is -1.15. The van der Waals surface area contributed by atoms with Crippen LogP contribution in [0.1, 0.15) is 97.3 Å². The Morgan fingerprint density at radius 3 is 2.03 bits per heavy atom. The van der Waals surface area contributed by atoms with Crippen molar-refractivity contribution in [3.05, 3.63) is 23.8 Å². The lowest BCUT2D eigenvalue weighted by molar-refractivity contribution is -0.140. The molecule has 2 aliphatic carbocycles. The number of rotatable bonds is 10. The third kappa shape index (κ3) is 6.68. The average Bonchev–Trinajstić information content (AvgIpc) is 2.82. The van der Waals surface area contributed by atoms with E-state index in [1.54, 1.807) is 0 Å². The third-order valence-corrected chi connectivity index (χ3v) is 7.61. The number of hydrogen-bond donors (Lipinski definition) is 0. The van der Waals surface area contributed by atoms with E-state index in [9.17, 15) is 13.6 Å². The van der Waals surface area contributed by atoms with Crippen LogP contribution < -0.4 is 9.47 Å². The summed E-state index contributed by atoms with van der Waals surface area (Å²) in [6, 6.07) is 2.63. The van der Waals surface area contributed by atoms with Crippen molar-refractivity contribution in [2.75, 3.05) is 6.61 Å². The van der Waals surface area contributed by atoms with Gasteiger partial charge in [-0.1, -0.05) is 52.4 Å². The van der Waals surface area contributed by atoms with Gasteiger partial charge in [0.1, 0.15) is 0 Å². The number of carbonyl (C=O) groups is 1. The molecule has 0 aliphatic heterocycles. The lowest BCUT2D eigenvalue weighted by Crippen LogP contribution is -2.30. The van der Waals surface area contributed by atoms with Gasteiger partial charge in [0.05, 0.1) is 12.5 Å². The molecular formula is C27H40F2O3. The molecule has 0 unspecified atom stereocenters. The lowest BCUT2D eigenvalue weighted by atomic mass is 9.68. The maximum Gasteiger partial charge on any atom is 0.314 e. The first kappa shape index (κ1) is 25.0. The molecule has 0 aromatic heterocycles. The number of ether oxygens (including phenoxy) is 2. The second kappa shape index (κ2) is 12.6. The molecule has 0 radical (unpaired) electrons. The molecule has 1 aromatic rings. The Morgan fingerprint density at radius 2 is 1.41 bits per heavy atom. The topological polar surface area (TPSA) is 35.5 Å². The summed E-state index contributed by atoms with van der Waals surface area (Å²) >= 11 is 0. The van der Waals surface area contributed by atoms with Gasteiger partial charge in [-0.15, -0.1) is 0 Å². The molecule has 2 fully saturated rings. The Balaban J connectivity index is 1.45. The molecule has 0 N–H and O–H groups in total. The quantitative estimate of drug-likeness (QED) is 0.207. The van der Waals surface area contributed by atoms with Crippen molar-refractivity contribution in [1.82, 2.24) is 0 Å². The molecule has 0 bridgehead atoms. The van der Waals surface area contributed by atoms with Gasteiger partial charge < -0.3 is 9.47 Å². The highest BCUT2D eigenvalue weighted by molar-refractivity contribution is 5.75. The van der Waals surface area contributed by atoms with E-state index in [1.807, 2.05) is 6.92 Å². The minimum Gasteiger partial charge on any atom is -0.490 e. The molecule has 3 nitrogen and oxygen atoms in total. The van der Waals surface area contributed by atoms with Crippen LogP contribution in [0.3, 0.4) is 0 Å². The fourth-order valence-corrected chi connectivity index (χ4v) is 5.49. The second-order valence-electron chi connectivity index (χ2n) is 9.85. The van der Waals surface area contributed by atoms with Crippen LogP contribution in [0.4, 0.5) is 8.78 Å². The standard InChI is InChI=1S/C27H40F2O3/c1-3-5-7-19-8-10-20(11-9-19)21-12-14-22(15-13-21)27(30)32-24-17-16-23(25(28)26(24)29)31-18-6-4-2/h16-17,19-22H,3-15,18H2,1-2H3/t19-,20-,21-,22-. The van der Waals surface area contributed by atoms with Crippen LogP contribution >= 0.6 is 0 Å². The lowest BCUT2D eigenvalue weighted by Gasteiger charge is -2.37. The van der Waals surface area contributed by atoms with E-state index in [-0.39, 0.29) is 17.4 Å². The van der Waals surface area contributed by atoms with E-state index in [0.29, 0.717) is 12.5 Å². The zero-order chi connectivity index (χ0) is 22.9. The average molecular weight is 451 g/mol. The molecule has 3 rings (SSSR count). The van der Waals surface area contributed by atoms with Gasteiger partial charge >= 0.3 is 5.97 Å². The van der Waals surface area contributed by atoms with Gasteiger partial charge in [0.15, 0.2) is 11.5 Å². The first-order chi connectivity index (χ1) is 15.5. The van der Waals surface area contributed by atoms with Crippen molar-refractivity contribution >= 4 is 5.97 Å². The number of esters is 1. The summed E-state index contributed by atoms with van der Waals surface area (Å²) < 4.78 is 39.2. The first-order valence-corrected chi connectivity index (χ1v) is 12.9. The Bertz CT molecular complexity index is 720. The molecule has 0 amide bonds. The van der Waals surface area contributed by atoms with Gasteiger partial charge in [-0.25, -0.2) is 0 Å². The molecule has 0 heterocycles. The second-order valence-corrected chi connectivity index (χ2v) is 9.85. The summed E-state index contributed by atoms with van der Waals surface area (Å²) in [7, 11) is 0. The molecule has 180 valence electrons. The Labute approximate surface area is 192 Å². The summed E-state index contributed by atoms with van der Waals surface area (Å²) in [5, 5.41) is 0. The highest BCUT2D eigenvalue weighted by atomic mass is 19.2. The van der Waals surface area contributed by atoms with Crippen molar-refractivity contribution in [3.63, 3.8) is 0 Å². The van der Waals surface area contributed by atoms with E-state index in [0.717, 1.165) is 50.4 Å². The molecule has 5 heteroatoms. The summed E-state index contributed by atoms with van der Waals surface area (Å²) in [4.78, 5) is 12.6. The van der Waals surface area contributed by atoms with Crippen LogP contribution in [0.15, 0.2) is 12.1 Å². The number of halogens is 2.